The molecule has 3 fully saturated rings. The van der Waals surface area contributed by atoms with E-state index in [4.69, 9.17) is 5.11 Å². The third-order valence-electron chi connectivity index (χ3n) is 5.03. The van der Waals surface area contributed by atoms with E-state index in [-0.39, 0.29) is 0 Å². The van der Waals surface area contributed by atoms with Crippen molar-refractivity contribution in [1.82, 2.24) is 0 Å². The maximum Gasteiger partial charge on any atom is 0.330 e. The fraction of sp³-hybridized carbons (Fsp3) is 0.667. The van der Waals surface area contributed by atoms with Crippen LogP contribution in [-0.4, -0.2) is 11.1 Å². The van der Waals surface area contributed by atoms with Gasteiger partial charge in [0.15, 0.2) is 0 Å². The molecule has 3 atom stereocenters. The topological polar surface area (TPSA) is 37.3 Å². The molecular formula is C15H22O2. The van der Waals surface area contributed by atoms with Gasteiger partial charge in [-0.2, -0.15) is 0 Å². The van der Waals surface area contributed by atoms with Crippen molar-refractivity contribution in [3.63, 3.8) is 0 Å². The van der Waals surface area contributed by atoms with Crippen LogP contribution in [0, 0.1) is 17.3 Å². The summed E-state index contributed by atoms with van der Waals surface area (Å²) < 4.78 is 0. The molecule has 3 saturated carbocycles. The molecule has 3 aliphatic carbocycles. The molecule has 0 saturated heterocycles. The van der Waals surface area contributed by atoms with Gasteiger partial charge < -0.3 is 5.11 Å². The summed E-state index contributed by atoms with van der Waals surface area (Å²) in [4.78, 5) is 10.7. The summed E-state index contributed by atoms with van der Waals surface area (Å²) >= 11 is 0. The second kappa shape index (κ2) is 4.32. The number of hydrogen-bond acceptors (Lipinski definition) is 1. The first-order chi connectivity index (χ1) is 7.95. The monoisotopic (exact) mass is 234 g/mol. The highest BCUT2D eigenvalue weighted by atomic mass is 16.4. The fourth-order valence-corrected chi connectivity index (χ4v) is 3.63. The highest BCUT2D eigenvalue weighted by Crippen LogP contribution is 2.63. The lowest BCUT2D eigenvalue weighted by atomic mass is 9.45. The lowest BCUT2D eigenvalue weighted by molar-refractivity contribution is -0.132. The van der Waals surface area contributed by atoms with Crippen LogP contribution in [0.5, 0.6) is 0 Å². The van der Waals surface area contributed by atoms with Crippen LogP contribution in [0.15, 0.2) is 23.8 Å². The summed E-state index contributed by atoms with van der Waals surface area (Å²) in [5.74, 6) is 0.740. The predicted octanol–water partition coefficient (Wildman–Crippen LogP) is 3.79. The minimum atomic E-state index is -0.798. The van der Waals surface area contributed by atoms with Crippen molar-refractivity contribution in [2.24, 2.45) is 17.3 Å². The Hall–Kier alpha value is -1.05. The van der Waals surface area contributed by atoms with E-state index < -0.39 is 5.97 Å². The minimum Gasteiger partial charge on any atom is -0.478 e. The largest absolute Gasteiger partial charge is 0.478 e. The Bertz CT molecular complexity index is 378. The molecule has 94 valence electrons. The van der Waals surface area contributed by atoms with Crippen molar-refractivity contribution in [3.8, 4) is 0 Å². The van der Waals surface area contributed by atoms with E-state index in [2.05, 4.69) is 13.5 Å². The van der Waals surface area contributed by atoms with E-state index in [1.165, 1.54) is 24.8 Å². The first kappa shape index (κ1) is 12.4. The van der Waals surface area contributed by atoms with Gasteiger partial charge in [0.25, 0.3) is 0 Å². The van der Waals surface area contributed by atoms with Gasteiger partial charge in [-0.25, -0.2) is 4.79 Å². The molecule has 0 amide bonds. The first-order valence-corrected chi connectivity index (χ1v) is 6.53. The van der Waals surface area contributed by atoms with Gasteiger partial charge in [0.2, 0.25) is 0 Å². The molecule has 0 unspecified atom stereocenters. The van der Waals surface area contributed by atoms with Crippen molar-refractivity contribution in [1.29, 1.82) is 0 Å². The Kier molecular flexibility index (Phi) is 3.15. The molecule has 17 heavy (non-hydrogen) atoms. The molecular weight excluding hydrogens is 212 g/mol. The zero-order valence-corrected chi connectivity index (χ0v) is 10.8. The second-order valence-electron chi connectivity index (χ2n) is 5.92. The van der Waals surface area contributed by atoms with Crippen molar-refractivity contribution in [2.75, 3.05) is 0 Å². The average Bonchev–Trinajstić information content (AvgIpc) is 2.27. The molecule has 0 radical (unpaired) electrons. The Morgan fingerprint density at radius 3 is 2.88 bits per heavy atom. The fourth-order valence-electron chi connectivity index (χ4n) is 3.63. The molecule has 1 N–H and O–H groups in total. The normalized spacial score (nSPS) is 36.6. The summed E-state index contributed by atoms with van der Waals surface area (Å²) in [6, 6.07) is 0. The molecule has 0 aromatic rings. The van der Waals surface area contributed by atoms with Crippen LogP contribution >= 0.6 is 0 Å². The molecule has 0 spiro atoms. The summed E-state index contributed by atoms with van der Waals surface area (Å²) in [7, 11) is 0. The Labute approximate surface area is 103 Å². The van der Waals surface area contributed by atoms with Crippen molar-refractivity contribution in [3.05, 3.63) is 23.8 Å². The number of carboxylic acid groups (broad SMARTS) is 1. The van der Waals surface area contributed by atoms with Gasteiger partial charge in [0.05, 0.1) is 0 Å². The number of fused-ring (bicyclic) bond motifs is 2. The third kappa shape index (κ3) is 2.05. The number of allylic oxidation sites excluding steroid dienone is 2. The van der Waals surface area contributed by atoms with Gasteiger partial charge in [-0.3, -0.25) is 0 Å². The summed E-state index contributed by atoms with van der Waals surface area (Å²) in [6.07, 6.45) is 7.66. The van der Waals surface area contributed by atoms with E-state index in [1.807, 2.05) is 6.08 Å². The smallest absolute Gasteiger partial charge is 0.330 e. The van der Waals surface area contributed by atoms with E-state index in [1.54, 1.807) is 6.92 Å². The molecule has 0 aliphatic heterocycles. The summed E-state index contributed by atoms with van der Waals surface area (Å²) in [6.45, 7) is 8.22. The van der Waals surface area contributed by atoms with Crippen molar-refractivity contribution in [2.45, 2.75) is 46.0 Å². The summed E-state index contributed by atoms with van der Waals surface area (Å²) in [5, 5.41) is 8.80. The van der Waals surface area contributed by atoms with E-state index in [0.717, 1.165) is 18.8 Å². The van der Waals surface area contributed by atoms with Gasteiger partial charge in [0, 0.05) is 5.57 Å². The maximum absolute atomic E-state index is 10.7. The number of aliphatic carboxylic acids is 1. The quantitative estimate of drug-likeness (QED) is 0.593. The minimum absolute atomic E-state index is 0.393. The van der Waals surface area contributed by atoms with E-state index >= 15 is 0 Å². The average molecular weight is 234 g/mol. The van der Waals surface area contributed by atoms with Gasteiger partial charge in [0.1, 0.15) is 0 Å². The standard InChI is InChI=1S/C15H22O2/c1-10-6-7-12-9-13(10)15(12,3)8-4-5-11(2)14(16)17/h5,12-13H,1,4,6-9H2,2-3H3,(H,16,17)/b11-5+/t12-,13-,15+/m0/s1. The van der Waals surface area contributed by atoms with Crippen LogP contribution in [0.1, 0.15) is 46.0 Å². The van der Waals surface area contributed by atoms with Gasteiger partial charge in [-0.15, -0.1) is 0 Å². The molecule has 3 aliphatic rings. The molecule has 0 heterocycles. The van der Waals surface area contributed by atoms with Crippen LogP contribution in [0.4, 0.5) is 0 Å². The van der Waals surface area contributed by atoms with Crippen LogP contribution < -0.4 is 0 Å². The Balaban J connectivity index is 1.94. The number of hydrogen-bond donors (Lipinski definition) is 1. The molecule has 0 aromatic carbocycles. The highest BCUT2D eigenvalue weighted by molar-refractivity contribution is 5.85. The van der Waals surface area contributed by atoms with E-state index in [0.29, 0.717) is 16.9 Å². The molecule has 3 rings (SSSR count). The SMILES string of the molecule is C=C1CC[C@H]2C[C@@H]1[C@]2(C)CC/C=C(\C)C(=O)O. The molecule has 2 bridgehead atoms. The molecule has 0 aromatic heterocycles. The number of carbonyl (C=O) groups is 1. The van der Waals surface area contributed by atoms with E-state index in [9.17, 15) is 4.79 Å². The maximum atomic E-state index is 10.7. The van der Waals surface area contributed by atoms with Crippen LogP contribution in [-0.2, 0) is 4.79 Å². The number of rotatable bonds is 4. The first-order valence-electron chi connectivity index (χ1n) is 6.53. The van der Waals surface area contributed by atoms with Crippen LogP contribution in [0.2, 0.25) is 0 Å². The zero-order chi connectivity index (χ0) is 12.6. The van der Waals surface area contributed by atoms with Crippen molar-refractivity contribution >= 4 is 5.97 Å². The molecule has 2 heteroatoms. The Morgan fingerprint density at radius 1 is 1.65 bits per heavy atom. The van der Waals surface area contributed by atoms with Gasteiger partial charge >= 0.3 is 5.97 Å². The zero-order valence-electron chi connectivity index (χ0n) is 10.8. The Morgan fingerprint density at radius 2 is 2.35 bits per heavy atom. The van der Waals surface area contributed by atoms with Gasteiger partial charge in [-0.1, -0.05) is 25.2 Å². The lowest BCUT2D eigenvalue weighted by Gasteiger charge is -2.59. The second-order valence-corrected chi connectivity index (χ2v) is 5.92. The van der Waals surface area contributed by atoms with Gasteiger partial charge in [-0.05, 0) is 56.3 Å². The van der Waals surface area contributed by atoms with Crippen LogP contribution in [0.3, 0.4) is 0 Å². The lowest BCUT2D eigenvalue weighted by Crippen LogP contribution is -2.50. The van der Waals surface area contributed by atoms with Crippen LogP contribution in [0.25, 0.3) is 0 Å². The number of carboxylic acids is 1. The third-order valence-corrected chi connectivity index (χ3v) is 5.03. The predicted molar refractivity (Wildman–Crippen MR) is 68.7 cm³/mol. The highest BCUT2D eigenvalue weighted by Gasteiger charge is 2.53. The summed E-state index contributed by atoms with van der Waals surface area (Å²) in [5.41, 5.74) is 2.29. The molecule has 2 nitrogen and oxygen atoms in total. The van der Waals surface area contributed by atoms with Crippen molar-refractivity contribution < 1.29 is 9.90 Å².